The number of nitrogens with one attached hydrogen (secondary N) is 1. The predicted molar refractivity (Wildman–Crippen MR) is 86.6 cm³/mol. The number of imide groups is 1. The molecule has 1 aromatic carbocycles. The molecule has 25 heavy (non-hydrogen) atoms. The van der Waals surface area contributed by atoms with Crippen LogP contribution in [0.15, 0.2) is 29.2 Å². The Morgan fingerprint density at radius 3 is 2.32 bits per heavy atom. The first-order chi connectivity index (χ1) is 11.6. The molecule has 1 aliphatic rings. The van der Waals surface area contributed by atoms with Crippen molar-refractivity contribution in [2.75, 3.05) is 0 Å². The van der Waals surface area contributed by atoms with Crippen molar-refractivity contribution in [3.63, 3.8) is 0 Å². The van der Waals surface area contributed by atoms with Gasteiger partial charge in [0, 0.05) is 0 Å². The molecule has 0 spiro atoms. The summed E-state index contributed by atoms with van der Waals surface area (Å²) in [6.07, 6.45) is 2.20. The predicted octanol–water partition coefficient (Wildman–Crippen LogP) is 2.68. The maximum atomic E-state index is 12.5. The normalized spacial score (nSPS) is 21.1. The number of hydrogen-bond acceptors (Lipinski definition) is 4. The SMILES string of the molecule is CCCC[C@@]1(C)NC(=O)N(Cc2ccc(S(=O)(=O)C(F)F)cc2)C1=O. The zero-order valence-corrected chi connectivity index (χ0v) is 14.8. The standard InChI is InChI=1S/C16H20F2N2O4S/c1-3-4-9-16(2)13(21)20(15(22)19-16)10-11-5-7-12(8-6-11)25(23,24)14(17)18/h5-8,14H,3-4,9-10H2,1-2H3,(H,19,22)/t16-/m1/s1. The summed E-state index contributed by atoms with van der Waals surface area (Å²) < 4.78 is 47.8. The Morgan fingerprint density at radius 1 is 1.20 bits per heavy atom. The second-order valence-corrected chi connectivity index (χ2v) is 8.12. The number of nitrogens with zero attached hydrogens (tertiary/aromatic N) is 1. The molecule has 1 fully saturated rings. The Morgan fingerprint density at radius 2 is 1.80 bits per heavy atom. The Kier molecular flexibility index (Phi) is 5.46. The second kappa shape index (κ2) is 7.07. The van der Waals surface area contributed by atoms with Crippen molar-refractivity contribution in [3.05, 3.63) is 29.8 Å². The van der Waals surface area contributed by atoms with Crippen molar-refractivity contribution < 1.29 is 26.8 Å². The van der Waals surface area contributed by atoms with Crippen LogP contribution < -0.4 is 5.32 Å². The van der Waals surface area contributed by atoms with Crippen molar-refractivity contribution in [2.45, 2.75) is 55.8 Å². The topological polar surface area (TPSA) is 83.6 Å². The van der Waals surface area contributed by atoms with E-state index in [0.29, 0.717) is 12.0 Å². The number of urea groups is 1. The summed E-state index contributed by atoms with van der Waals surface area (Å²) in [4.78, 5) is 25.1. The van der Waals surface area contributed by atoms with Crippen molar-refractivity contribution in [1.29, 1.82) is 0 Å². The lowest BCUT2D eigenvalue weighted by molar-refractivity contribution is -0.131. The quantitative estimate of drug-likeness (QED) is 0.744. The van der Waals surface area contributed by atoms with E-state index in [1.54, 1.807) is 6.92 Å². The molecule has 0 saturated carbocycles. The molecule has 0 unspecified atom stereocenters. The molecule has 0 aromatic heterocycles. The van der Waals surface area contributed by atoms with Gasteiger partial charge in [-0.3, -0.25) is 9.69 Å². The fourth-order valence-electron chi connectivity index (χ4n) is 2.66. The monoisotopic (exact) mass is 374 g/mol. The van der Waals surface area contributed by atoms with Crippen molar-refractivity contribution in [3.8, 4) is 0 Å². The van der Waals surface area contributed by atoms with Crippen LogP contribution in [0.2, 0.25) is 0 Å². The van der Waals surface area contributed by atoms with E-state index >= 15 is 0 Å². The van der Waals surface area contributed by atoms with Crippen molar-refractivity contribution in [1.82, 2.24) is 10.2 Å². The van der Waals surface area contributed by atoms with E-state index in [0.717, 1.165) is 29.9 Å². The first-order valence-electron chi connectivity index (χ1n) is 7.87. The number of alkyl halides is 2. The molecule has 2 rings (SSSR count). The number of carbonyl (C=O) groups is 2. The van der Waals surface area contributed by atoms with E-state index in [1.165, 1.54) is 12.1 Å². The molecule has 6 nitrogen and oxygen atoms in total. The van der Waals surface area contributed by atoms with Gasteiger partial charge in [-0.1, -0.05) is 31.9 Å². The molecule has 1 aromatic rings. The van der Waals surface area contributed by atoms with E-state index in [9.17, 15) is 26.8 Å². The molecule has 1 saturated heterocycles. The lowest BCUT2D eigenvalue weighted by Crippen LogP contribution is -2.43. The van der Waals surface area contributed by atoms with Crippen LogP contribution in [-0.4, -0.2) is 36.6 Å². The van der Waals surface area contributed by atoms with Crippen LogP contribution in [-0.2, 0) is 21.2 Å². The summed E-state index contributed by atoms with van der Waals surface area (Å²) in [5.74, 6) is -3.85. The van der Waals surface area contributed by atoms with Gasteiger partial charge in [-0.25, -0.2) is 13.2 Å². The Hall–Kier alpha value is -2.03. The van der Waals surface area contributed by atoms with E-state index in [-0.39, 0.29) is 12.5 Å². The zero-order chi connectivity index (χ0) is 18.8. The molecule has 1 heterocycles. The fraction of sp³-hybridized carbons (Fsp3) is 0.500. The third-order valence-electron chi connectivity index (χ3n) is 4.20. The smallest absolute Gasteiger partial charge is 0.323 e. The van der Waals surface area contributed by atoms with Gasteiger partial charge in [-0.2, -0.15) is 8.78 Å². The number of halogens is 2. The molecular weight excluding hydrogens is 354 g/mol. The lowest BCUT2D eigenvalue weighted by atomic mass is 9.95. The highest BCUT2D eigenvalue weighted by atomic mass is 32.2. The van der Waals surface area contributed by atoms with Crippen LogP contribution in [0, 0.1) is 0 Å². The first kappa shape index (κ1) is 19.3. The number of sulfone groups is 1. The first-order valence-corrected chi connectivity index (χ1v) is 9.41. The Bertz CT molecular complexity index is 765. The van der Waals surface area contributed by atoms with Gasteiger partial charge in [0.15, 0.2) is 0 Å². The molecular formula is C16H20F2N2O4S. The van der Waals surface area contributed by atoms with Crippen molar-refractivity contribution in [2.24, 2.45) is 0 Å². The molecule has 3 amide bonds. The number of unbranched alkanes of at least 4 members (excludes halogenated alkanes) is 1. The number of benzene rings is 1. The highest BCUT2D eigenvalue weighted by molar-refractivity contribution is 7.91. The van der Waals surface area contributed by atoms with Gasteiger partial charge < -0.3 is 5.32 Å². The van der Waals surface area contributed by atoms with Crippen LogP contribution >= 0.6 is 0 Å². The van der Waals surface area contributed by atoms with E-state index in [1.807, 2.05) is 6.92 Å². The third kappa shape index (κ3) is 3.81. The second-order valence-electron chi connectivity index (χ2n) is 6.21. The average molecular weight is 374 g/mol. The van der Waals surface area contributed by atoms with Crippen LogP contribution in [0.25, 0.3) is 0 Å². The highest BCUT2D eigenvalue weighted by Crippen LogP contribution is 2.25. The van der Waals surface area contributed by atoms with E-state index in [4.69, 9.17) is 0 Å². The van der Waals surface area contributed by atoms with Gasteiger partial charge in [0.05, 0.1) is 11.4 Å². The number of amides is 3. The Balaban J connectivity index is 2.15. The average Bonchev–Trinajstić information content (AvgIpc) is 2.77. The van der Waals surface area contributed by atoms with Gasteiger partial charge in [0.1, 0.15) is 5.54 Å². The zero-order valence-electron chi connectivity index (χ0n) is 14.0. The largest absolute Gasteiger partial charge is 0.341 e. The number of hydrogen-bond donors (Lipinski definition) is 1. The minimum absolute atomic E-state index is 0.0542. The summed E-state index contributed by atoms with van der Waals surface area (Å²) in [6.45, 7) is 3.60. The third-order valence-corrected chi connectivity index (χ3v) is 5.60. The molecule has 0 bridgehead atoms. The molecule has 0 aliphatic carbocycles. The van der Waals surface area contributed by atoms with E-state index in [2.05, 4.69) is 5.32 Å². The van der Waals surface area contributed by atoms with E-state index < -0.39 is 32.1 Å². The minimum atomic E-state index is -4.66. The summed E-state index contributed by atoms with van der Waals surface area (Å²) in [7, 11) is -4.66. The minimum Gasteiger partial charge on any atom is -0.323 e. The van der Waals surface area contributed by atoms with Crippen LogP contribution in [0.5, 0.6) is 0 Å². The highest BCUT2D eigenvalue weighted by Gasteiger charge is 2.46. The molecule has 0 radical (unpaired) electrons. The molecule has 138 valence electrons. The maximum Gasteiger partial charge on any atom is 0.341 e. The summed E-state index contributed by atoms with van der Waals surface area (Å²) in [5, 5.41) is 2.68. The summed E-state index contributed by atoms with van der Waals surface area (Å²) in [6, 6.07) is 4.21. The van der Waals surface area contributed by atoms with Crippen LogP contribution in [0.3, 0.4) is 0 Å². The number of carbonyl (C=O) groups excluding carboxylic acids is 2. The van der Waals surface area contributed by atoms with Gasteiger partial charge in [0.25, 0.3) is 5.91 Å². The maximum absolute atomic E-state index is 12.5. The molecule has 1 aliphatic heterocycles. The van der Waals surface area contributed by atoms with Gasteiger partial charge in [0.2, 0.25) is 9.84 Å². The molecule has 1 atom stereocenters. The lowest BCUT2D eigenvalue weighted by Gasteiger charge is -2.21. The van der Waals surface area contributed by atoms with Crippen molar-refractivity contribution >= 4 is 21.8 Å². The fourth-order valence-corrected chi connectivity index (χ4v) is 3.38. The number of rotatable bonds is 7. The Labute approximate surface area is 145 Å². The van der Waals surface area contributed by atoms with Crippen LogP contribution in [0.1, 0.15) is 38.7 Å². The summed E-state index contributed by atoms with van der Waals surface area (Å²) >= 11 is 0. The van der Waals surface area contributed by atoms with Crippen LogP contribution in [0.4, 0.5) is 13.6 Å². The van der Waals surface area contributed by atoms with Gasteiger partial charge in [-0.05, 0) is 31.0 Å². The summed E-state index contributed by atoms with van der Waals surface area (Å²) in [5.41, 5.74) is -0.483. The molecule has 1 N–H and O–H groups in total. The van der Waals surface area contributed by atoms with Gasteiger partial charge in [-0.15, -0.1) is 0 Å². The van der Waals surface area contributed by atoms with Gasteiger partial charge >= 0.3 is 11.8 Å². The molecule has 9 heteroatoms.